The Labute approximate surface area is 185 Å². The Bertz CT molecular complexity index is 1090. The van der Waals surface area contributed by atoms with E-state index in [1.165, 1.54) is 6.07 Å². The third-order valence-corrected chi connectivity index (χ3v) is 5.77. The first-order valence-corrected chi connectivity index (χ1v) is 10.5. The minimum absolute atomic E-state index is 0.207. The van der Waals surface area contributed by atoms with Crippen LogP contribution in [0.25, 0.3) is 0 Å². The highest BCUT2D eigenvalue weighted by atomic mass is 16.7. The summed E-state index contributed by atoms with van der Waals surface area (Å²) in [6.45, 7) is 0. The summed E-state index contributed by atoms with van der Waals surface area (Å²) in [5, 5.41) is 9.06. The number of aliphatic carboxylic acids is 1. The maximum absolute atomic E-state index is 12.9. The molecular formula is C26H23NO5. The molecule has 0 aliphatic heterocycles. The average molecular weight is 429 g/mol. The van der Waals surface area contributed by atoms with E-state index >= 15 is 0 Å². The molecule has 1 aliphatic rings. The SMILES string of the molecule is O=C(O)C(=O)c1cccc2c1CCC(C(=O)NOC(c1ccccc1)c1ccccc1)C2. The minimum Gasteiger partial charge on any atom is -0.475 e. The molecule has 1 aliphatic carbocycles. The predicted octanol–water partition coefficient (Wildman–Crippen LogP) is 3.90. The number of carboxylic acids is 1. The van der Waals surface area contributed by atoms with Crippen LogP contribution in [0.4, 0.5) is 0 Å². The second-order valence-corrected chi connectivity index (χ2v) is 7.80. The minimum atomic E-state index is -1.47. The number of carbonyl (C=O) groups excluding carboxylic acids is 2. The number of benzene rings is 3. The molecule has 3 aromatic rings. The van der Waals surface area contributed by atoms with Gasteiger partial charge in [0.1, 0.15) is 6.10 Å². The molecule has 1 unspecified atom stereocenters. The van der Waals surface area contributed by atoms with Crippen LogP contribution >= 0.6 is 0 Å². The third kappa shape index (κ3) is 4.60. The normalized spacial score (nSPS) is 15.1. The summed E-state index contributed by atoms with van der Waals surface area (Å²) >= 11 is 0. The molecule has 1 atom stereocenters. The van der Waals surface area contributed by atoms with Gasteiger partial charge in [-0.25, -0.2) is 10.3 Å². The van der Waals surface area contributed by atoms with Crippen LogP contribution < -0.4 is 5.48 Å². The van der Waals surface area contributed by atoms with Gasteiger partial charge >= 0.3 is 5.97 Å². The van der Waals surface area contributed by atoms with Crippen molar-refractivity contribution in [3.8, 4) is 0 Å². The van der Waals surface area contributed by atoms with Gasteiger partial charge in [0.25, 0.3) is 5.78 Å². The maximum Gasteiger partial charge on any atom is 0.377 e. The number of carboxylic acid groups (broad SMARTS) is 1. The van der Waals surface area contributed by atoms with Crippen molar-refractivity contribution in [3.63, 3.8) is 0 Å². The fourth-order valence-electron chi connectivity index (χ4n) is 4.14. The lowest BCUT2D eigenvalue weighted by atomic mass is 9.81. The molecule has 0 spiro atoms. The van der Waals surface area contributed by atoms with Crippen molar-refractivity contribution in [1.29, 1.82) is 0 Å². The highest BCUT2D eigenvalue weighted by Crippen LogP contribution is 2.30. The fraction of sp³-hybridized carbons (Fsp3) is 0.192. The van der Waals surface area contributed by atoms with Crippen LogP contribution in [0.1, 0.15) is 45.1 Å². The van der Waals surface area contributed by atoms with Crippen molar-refractivity contribution in [1.82, 2.24) is 5.48 Å². The molecule has 0 fully saturated rings. The molecule has 3 aromatic carbocycles. The topological polar surface area (TPSA) is 92.7 Å². The van der Waals surface area contributed by atoms with Crippen molar-refractivity contribution in [2.75, 3.05) is 0 Å². The van der Waals surface area contributed by atoms with Gasteiger partial charge in [-0.3, -0.25) is 14.4 Å². The van der Waals surface area contributed by atoms with Gasteiger partial charge in [0, 0.05) is 11.5 Å². The Kier molecular flexibility index (Phi) is 6.42. The van der Waals surface area contributed by atoms with E-state index < -0.39 is 17.9 Å². The first kappa shape index (κ1) is 21.5. The van der Waals surface area contributed by atoms with Crippen molar-refractivity contribution in [3.05, 3.63) is 107 Å². The molecule has 4 rings (SSSR count). The zero-order valence-electron chi connectivity index (χ0n) is 17.4. The Morgan fingerprint density at radius 2 is 1.50 bits per heavy atom. The van der Waals surface area contributed by atoms with Crippen molar-refractivity contribution >= 4 is 17.7 Å². The Balaban J connectivity index is 1.47. The van der Waals surface area contributed by atoms with E-state index in [4.69, 9.17) is 9.94 Å². The molecular weight excluding hydrogens is 406 g/mol. The van der Waals surface area contributed by atoms with E-state index in [9.17, 15) is 14.4 Å². The van der Waals surface area contributed by atoms with Crippen LogP contribution in [0.15, 0.2) is 78.9 Å². The lowest BCUT2D eigenvalue weighted by Gasteiger charge is -2.26. The van der Waals surface area contributed by atoms with Crippen molar-refractivity contribution < 1.29 is 24.3 Å². The van der Waals surface area contributed by atoms with Crippen LogP contribution in [0.5, 0.6) is 0 Å². The van der Waals surface area contributed by atoms with Gasteiger partial charge in [-0.1, -0.05) is 78.9 Å². The summed E-state index contributed by atoms with van der Waals surface area (Å²) < 4.78 is 0. The van der Waals surface area contributed by atoms with Gasteiger partial charge in [0.05, 0.1) is 0 Å². The van der Waals surface area contributed by atoms with Crippen LogP contribution in [0.2, 0.25) is 0 Å². The zero-order valence-corrected chi connectivity index (χ0v) is 17.4. The summed E-state index contributed by atoms with van der Waals surface area (Å²) in [7, 11) is 0. The molecule has 0 saturated carbocycles. The molecule has 6 heteroatoms. The highest BCUT2D eigenvalue weighted by Gasteiger charge is 2.29. The number of carbonyl (C=O) groups is 3. The second-order valence-electron chi connectivity index (χ2n) is 7.80. The quantitative estimate of drug-likeness (QED) is 0.338. The number of nitrogens with one attached hydrogen (secondary N) is 1. The first-order valence-electron chi connectivity index (χ1n) is 10.5. The van der Waals surface area contributed by atoms with Gasteiger partial charge < -0.3 is 5.11 Å². The van der Waals surface area contributed by atoms with Crippen LogP contribution in [0.3, 0.4) is 0 Å². The molecule has 0 saturated heterocycles. The summed E-state index contributed by atoms with van der Waals surface area (Å²) in [5.41, 5.74) is 6.23. The summed E-state index contributed by atoms with van der Waals surface area (Å²) in [6.07, 6.45) is 0.945. The fourth-order valence-corrected chi connectivity index (χ4v) is 4.14. The van der Waals surface area contributed by atoms with Crippen molar-refractivity contribution in [2.24, 2.45) is 5.92 Å². The van der Waals surface area contributed by atoms with Crippen LogP contribution in [-0.4, -0.2) is 22.8 Å². The van der Waals surface area contributed by atoms with Gasteiger partial charge in [-0.05, 0) is 41.5 Å². The van der Waals surface area contributed by atoms with Gasteiger partial charge in [0.15, 0.2) is 0 Å². The smallest absolute Gasteiger partial charge is 0.377 e. The largest absolute Gasteiger partial charge is 0.475 e. The molecule has 0 aromatic heterocycles. The lowest BCUT2D eigenvalue weighted by Crippen LogP contribution is -2.35. The van der Waals surface area contributed by atoms with Gasteiger partial charge in [-0.2, -0.15) is 0 Å². The predicted molar refractivity (Wildman–Crippen MR) is 118 cm³/mol. The average Bonchev–Trinajstić information content (AvgIpc) is 2.84. The maximum atomic E-state index is 12.9. The number of hydrogen-bond acceptors (Lipinski definition) is 4. The number of fused-ring (bicyclic) bond motifs is 1. The van der Waals surface area contributed by atoms with E-state index in [-0.39, 0.29) is 17.4 Å². The summed E-state index contributed by atoms with van der Waals surface area (Å²) in [4.78, 5) is 41.9. The number of ketones is 1. The molecule has 2 N–H and O–H groups in total. The number of hydrogen-bond donors (Lipinski definition) is 2. The number of rotatable bonds is 7. The van der Waals surface area contributed by atoms with Gasteiger partial charge in [-0.15, -0.1) is 0 Å². The Hall–Kier alpha value is -3.77. The Morgan fingerprint density at radius 1 is 0.875 bits per heavy atom. The van der Waals surface area contributed by atoms with Crippen LogP contribution in [-0.2, 0) is 27.3 Å². The van der Waals surface area contributed by atoms with Crippen LogP contribution in [0, 0.1) is 5.92 Å². The molecule has 0 heterocycles. The van der Waals surface area contributed by atoms with E-state index in [1.807, 2.05) is 66.7 Å². The zero-order chi connectivity index (χ0) is 22.5. The van der Waals surface area contributed by atoms with E-state index in [0.717, 1.165) is 22.3 Å². The second kappa shape index (κ2) is 9.58. The Morgan fingerprint density at radius 3 is 2.09 bits per heavy atom. The van der Waals surface area contributed by atoms with E-state index in [1.54, 1.807) is 6.07 Å². The highest BCUT2D eigenvalue weighted by molar-refractivity contribution is 6.40. The first-order chi connectivity index (χ1) is 15.5. The summed E-state index contributed by atoms with van der Waals surface area (Å²) in [5.74, 6) is -2.95. The monoisotopic (exact) mass is 429 g/mol. The number of amides is 1. The molecule has 32 heavy (non-hydrogen) atoms. The van der Waals surface area contributed by atoms with Gasteiger partial charge in [0.2, 0.25) is 5.91 Å². The lowest BCUT2D eigenvalue weighted by molar-refractivity contribution is -0.141. The molecule has 1 amide bonds. The third-order valence-electron chi connectivity index (χ3n) is 5.77. The van der Waals surface area contributed by atoms with E-state index in [2.05, 4.69) is 5.48 Å². The molecule has 6 nitrogen and oxygen atoms in total. The number of hydroxylamine groups is 1. The van der Waals surface area contributed by atoms with Crippen molar-refractivity contribution in [2.45, 2.75) is 25.4 Å². The molecule has 162 valence electrons. The molecule has 0 radical (unpaired) electrons. The summed E-state index contributed by atoms with van der Waals surface area (Å²) in [6, 6.07) is 24.3. The molecule has 0 bridgehead atoms. The van der Waals surface area contributed by atoms with E-state index in [0.29, 0.717) is 19.3 Å². The number of Topliss-reactive ketones (excluding diaryl/α,β-unsaturated/α-hetero) is 1. The standard InChI is InChI=1S/C26H23NO5/c28-23(26(30)31)22-13-7-12-19-16-20(14-15-21(19)22)25(29)27-32-24(17-8-3-1-4-9-17)18-10-5-2-6-11-18/h1-13,20,24H,14-16H2,(H,27,29)(H,30,31).